The van der Waals surface area contributed by atoms with E-state index in [1.165, 1.54) is 16.4 Å². The molecule has 1 aliphatic rings. The zero-order valence-corrected chi connectivity index (χ0v) is 17.6. The minimum Gasteiger partial charge on any atom is -0.451 e. The predicted molar refractivity (Wildman–Crippen MR) is 110 cm³/mol. The highest BCUT2D eigenvalue weighted by Crippen LogP contribution is 2.25. The van der Waals surface area contributed by atoms with Gasteiger partial charge in [0, 0.05) is 36.0 Å². The molecule has 0 aliphatic carbocycles. The fraction of sp³-hybridized carbons (Fsp3) is 0.200. The van der Waals surface area contributed by atoms with E-state index in [9.17, 15) is 18.5 Å². The lowest BCUT2D eigenvalue weighted by Gasteiger charge is -2.33. The summed E-state index contributed by atoms with van der Waals surface area (Å²) in [5.41, 5.74) is 0.727. The van der Waals surface area contributed by atoms with Crippen molar-refractivity contribution >= 4 is 42.8 Å². The van der Waals surface area contributed by atoms with Crippen LogP contribution in [0.5, 0.6) is 0 Å². The summed E-state index contributed by atoms with van der Waals surface area (Å²) in [7, 11) is -3.80. The fourth-order valence-electron chi connectivity index (χ4n) is 3.33. The highest BCUT2D eigenvalue weighted by molar-refractivity contribution is 9.10. The monoisotopic (exact) mass is 473 g/mol. The maximum absolute atomic E-state index is 12.9. The van der Waals surface area contributed by atoms with Gasteiger partial charge in [-0.3, -0.25) is 4.79 Å². The molecule has 29 heavy (non-hydrogen) atoms. The van der Waals surface area contributed by atoms with Gasteiger partial charge in [0.25, 0.3) is 5.91 Å². The molecule has 0 bridgehead atoms. The van der Waals surface area contributed by atoms with E-state index in [1.54, 1.807) is 29.2 Å². The summed E-state index contributed by atoms with van der Waals surface area (Å²) in [4.78, 5) is 14.4. The van der Waals surface area contributed by atoms with Crippen LogP contribution in [-0.4, -0.2) is 49.7 Å². The number of amides is 1. The Morgan fingerprint density at radius 3 is 2.52 bits per heavy atom. The SMILES string of the molecule is N#Cc1ccccc1S(=O)(=O)N1CCN(C(=O)c2cc3cc(Br)ccc3o2)CC1. The Balaban J connectivity index is 1.50. The molecule has 2 heterocycles. The van der Waals surface area contributed by atoms with Crippen LogP contribution in [0.2, 0.25) is 0 Å². The minimum atomic E-state index is -3.80. The third-order valence-electron chi connectivity index (χ3n) is 4.84. The van der Waals surface area contributed by atoms with Gasteiger partial charge < -0.3 is 9.32 Å². The number of nitrogens with zero attached hydrogens (tertiary/aromatic N) is 3. The molecule has 9 heteroatoms. The molecular weight excluding hydrogens is 458 g/mol. The van der Waals surface area contributed by atoms with Crippen molar-refractivity contribution in [3.8, 4) is 6.07 Å². The smallest absolute Gasteiger partial charge is 0.289 e. The van der Waals surface area contributed by atoms with E-state index in [4.69, 9.17) is 4.42 Å². The van der Waals surface area contributed by atoms with Crippen LogP contribution < -0.4 is 0 Å². The quantitative estimate of drug-likeness (QED) is 0.581. The van der Waals surface area contributed by atoms with E-state index in [0.29, 0.717) is 5.58 Å². The summed E-state index contributed by atoms with van der Waals surface area (Å²) >= 11 is 3.39. The molecule has 4 rings (SSSR count). The second-order valence-corrected chi connectivity index (χ2v) is 9.42. The highest BCUT2D eigenvalue weighted by atomic mass is 79.9. The minimum absolute atomic E-state index is 0.00913. The average Bonchev–Trinajstić information content (AvgIpc) is 3.16. The molecule has 1 saturated heterocycles. The van der Waals surface area contributed by atoms with Crippen molar-refractivity contribution in [1.82, 2.24) is 9.21 Å². The van der Waals surface area contributed by atoms with Gasteiger partial charge in [-0.15, -0.1) is 0 Å². The van der Waals surface area contributed by atoms with Gasteiger partial charge >= 0.3 is 0 Å². The Morgan fingerprint density at radius 1 is 1.07 bits per heavy atom. The Labute approximate surface area is 176 Å². The molecule has 7 nitrogen and oxygen atoms in total. The number of halogens is 1. The number of nitriles is 1. The molecule has 0 atom stereocenters. The number of hydrogen-bond donors (Lipinski definition) is 0. The molecule has 1 fully saturated rings. The first kappa shape index (κ1) is 19.6. The molecule has 0 radical (unpaired) electrons. The topological polar surface area (TPSA) is 94.6 Å². The van der Waals surface area contributed by atoms with Crippen molar-refractivity contribution in [3.63, 3.8) is 0 Å². The zero-order chi connectivity index (χ0) is 20.6. The first-order valence-electron chi connectivity index (χ1n) is 8.88. The fourth-order valence-corrected chi connectivity index (χ4v) is 5.27. The van der Waals surface area contributed by atoms with E-state index in [0.717, 1.165) is 9.86 Å². The molecule has 148 valence electrons. The first-order chi connectivity index (χ1) is 13.9. The molecule has 0 spiro atoms. The van der Waals surface area contributed by atoms with E-state index in [2.05, 4.69) is 15.9 Å². The Kier molecular flexibility index (Phi) is 5.17. The summed E-state index contributed by atoms with van der Waals surface area (Å²) in [6.07, 6.45) is 0. The largest absolute Gasteiger partial charge is 0.451 e. The first-order valence-corrected chi connectivity index (χ1v) is 11.1. The summed E-state index contributed by atoms with van der Waals surface area (Å²) in [6, 6.07) is 15.2. The number of carbonyl (C=O) groups excluding carboxylic acids is 1. The van der Waals surface area contributed by atoms with Crippen LogP contribution in [0.25, 0.3) is 11.0 Å². The second-order valence-electron chi connectivity index (χ2n) is 6.60. The molecule has 3 aromatic rings. The van der Waals surface area contributed by atoms with Crippen LogP contribution in [0.3, 0.4) is 0 Å². The number of hydrogen-bond acceptors (Lipinski definition) is 5. The maximum atomic E-state index is 12.9. The van der Waals surface area contributed by atoms with Crippen LogP contribution in [0.15, 0.2) is 62.3 Å². The lowest BCUT2D eigenvalue weighted by molar-refractivity contribution is 0.0668. The number of furan rings is 1. The lowest BCUT2D eigenvalue weighted by atomic mass is 10.2. The highest BCUT2D eigenvalue weighted by Gasteiger charge is 2.32. The average molecular weight is 474 g/mol. The Morgan fingerprint density at radius 2 is 1.79 bits per heavy atom. The predicted octanol–water partition coefficient (Wildman–Crippen LogP) is 3.21. The van der Waals surface area contributed by atoms with Crippen molar-refractivity contribution in [2.75, 3.05) is 26.2 Å². The number of benzene rings is 2. The molecule has 0 N–H and O–H groups in total. The Bertz CT molecular complexity index is 1240. The van der Waals surface area contributed by atoms with E-state index >= 15 is 0 Å². The van der Waals surface area contributed by atoms with Crippen molar-refractivity contribution in [3.05, 3.63) is 64.3 Å². The number of carbonyl (C=O) groups is 1. The molecule has 1 amide bonds. The third-order valence-corrected chi connectivity index (χ3v) is 7.29. The van der Waals surface area contributed by atoms with Gasteiger partial charge in [0.15, 0.2) is 5.76 Å². The molecule has 0 saturated carbocycles. The summed E-state index contributed by atoms with van der Waals surface area (Å²) < 4.78 is 33.7. The summed E-state index contributed by atoms with van der Waals surface area (Å²) in [5.74, 6) is -0.0453. The third kappa shape index (κ3) is 3.67. The molecule has 2 aromatic carbocycles. The number of piperazine rings is 1. The lowest BCUT2D eigenvalue weighted by Crippen LogP contribution is -2.50. The van der Waals surface area contributed by atoms with E-state index in [-0.39, 0.29) is 48.3 Å². The molecule has 1 aliphatic heterocycles. The summed E-state index contributed by atoms with van der Waals surface area (Å²) in [5, 5.41) is 10.0. The van der Waals surface area contributed by atoms with Gasteiger partial charge in [0.1, 0.15) is 11.7 Å². The zero-order valence-electron chi connectivity index (χ0n) is 15.2. The van der Waals surface area contributed by atoms with Crippen LogP contribution in [0.1, 0.15) is 16.1 Å². The van der Waals surface area contributed by atoms with Crippen LogP contribution >= 0.6 is 15.9 Å². The van der Waals surface area contributed by atoms with Gasteiger partial charge in [-0.25, -0.2) is 8.42 Å². The number of sulfonamides is 1. The molecule has 1 aromatic heterocycles. The summed E-state index contributed by atoms with van der Waals surface area (Å²) in [6.45, 7) is 0.792. The molecular formula is C20H16BrN3O4S. The van der Waals surface area contributed by atoms with E-state index in [1.807, 2.05) is 18.2 Å². The normalized spacial score (nSPS) is 15.4. The van der Waals surface area contributed by atoms with Crippen molar-refractivity contribution < 1.29 is 17.6 Å². The number of rotatable bonds is 3. The van der Waals surface area contributed by atoms with Gasteiger partial charge in [0.2, 0.25) is 10.0 Å². The van der Waals surface area contributed by atoms with Crippen LogP contribution in [0, 0.1) is 11.3 Å². The van der Waals surface area contributed by atoms with Crippen LogP contribution in [-0.2, 0) is 10.0 Å². The molecule has 0 unspecified atom stereocenters. The van der Waals surface area contributed by atoms with E-state index < -0.39 is 10.0 Å². The standard InChI is InChI=1S/C20H16BrN3O4S/c21-16-5-6-17-15(11-16)12-18(28-17)20(25)23-7-9-24(10-8-23)29(26,27)19-4-2-1-3-14(19)13-22/h1-6,11-12H,7-10H2. The number of fused-ring (bicyclic) bond motifs is 1. The van der Waals surface area contributed by atoms with Gasteiger partial charge in [-0.1, -0.05) is 28.1 Å². The maximum Gasteiger partial charge on any atom is 0.289 e. The van der Waals surface area contributed by atoms with Crippen molar-refractivity contribution in [2.24, 2.45) is 0 Å². The second kappa shape index (κ2) is 7.63. The van der Waals surface area contributed by atoms with Gasteiger partial charge in [-0.2, -0.15) is 9.57 Å². The van der Waals surface area contributed by atoms with Gasteiger partial charge in [0.05, 0.1) is 10.5 Å². The Hall–Kier alpha value is -2.67. The van der Waals surface area contributed by atoms with Gasteiger partial charge in [-0.05, 0) is 36.4 Å². The van der Waals surface area contributed by atoms with Crippen molar-refractivity contribution in [2.45, 2.75) is 4.90 Å². The van der Waals surface area contributed by atoms with Crippen LogP contribution in [0.4, 0.5) is 0 Å². The van der Waals surface area contributed by atoms with Crippen molar-refractivity contribution in [1.29, 1.82) is 5.26 Å².